The molecule has 1 heterocycles. The lowest BCUT2D eigenvalue weighted by Crippen LogP contribution is -2.52. The number of ether oxygens (including phenoxy) is 2. The van der Waals surface area contributed by atoms with Crippen molar-refractivity contribution in [3.8, 4) is 11.1 Å². The molecule has 47 heavy (non-hydrogen) atoms. The van der Waals surface area contributed by atoms with E-state index in [4.69, 9.17) is 15.2 Å². The summed E-state index contributed by atoms with van der Waals surface area (Å²) in [6, 6.07) is 12.3. The van der Waals surface area contributed by atoms with E-state index in [1.165, 1.54) is 0 Å². The molecule has 0 aliphatic heterocycles. The first-order chi connectivity index (χ1) is 22.2. The molecule has 0 saturated carbocycles. The number of nitrogen functional groups attached to an aromatic ring is 1. The molecule has 3 amide bonds. The first-order valence-electron chi connectivity index (χ1n) is 14.7. The summed E-state index contributed by atoms with van der Waals surface area (Å²) in [6.45, 7) is 4.74. The van der Waals surface area contributed by atoms with Gasteiger partial charge in [-0.05, 0) is 49.4 Å². The van der Waals surface area contributed by atoms with Crippen molar-refractivity contribution in [1.82, 2.24) is 20.6 Å². The SMILES string of the molecule is CC(C)(C)OC(=O)C[C@H](NC(=O)[C@H](CCC(=O)Nc1cnc(N)[nH]c1=O)NC(=O)OCC1c2ccccc2-c2ccccc21)C(=O)O. The van der Waals surface area contributed by atoms with Gasteiger partial charge in [-0.3, -0.25) is 24.2 Å². The number of alkyl carbamates (subject to hydrolysis) is 1. The van der Waals surface area contributed by atoms with Crippen LogP contribution in [0.5, 0.6) is 0 Å². The third-order valence-corrected chi connectivity index (χ3v) is 7.11. The summed E-state index contributed by atoms with van der Waals surface area (Å²) in [5.41, 5.74) is 7.58. The van der Waals surface area contributed by atoms with E-state index in [1.54, 1.807) is 20.8 Å². The number of H-pyrrole nitrogens is 1. The van der Waals surface area contributed by atoms with Gasteiger partial charge < -0.3 is 36.3 Å². The van der Waals surface area contributed by atoms with Crippen molar-refractivity contribution in [3.63, 3.8) is 0 Å². The predicted molar refractivity (Wildman–Crippen MR) is 169 cm³/mol. The second-order valence-corrected chi connectivity index (χ2v) is 11.8. The standard InChI is InChI=1S/C32H36N6O9/c1-32(2,3)47-26(40)14-23(29(43)44)36-27(41)22(12-13-25(39)35-24-15-34-30(33)38-28(24)42)37-31(45)46-16-21-19-10-6-4-8-17(19)18-9-5-7-11-20(18)21/h4-11,15,21-23H,12-14,16H2,1-3H3,(H,35,39)(H,36,41)(H,37,45)(H,43,44)(H3,33,34,38,42)/t22-,23-/m0/s1. The molecule has 2 atom stereocenters. The van der Waals surface area contributed by atoms with E-state index in [0.29, 0.717) is 0 Å². The minimum Gasteiger partial charge on any atom is -0.480 e. The number of anilines is 2. The Kier molecular flexibility index (Phi) is 10.6. The number of esters is 1. The highest BCUT2D eigenvalue weighted by atomic mass is 16.6. The number of carbonyl (C=O) groups excluding carboxylic acids is 4. The fourth-order valence-electron chi connectivity index (χ4n) is 5.06. The summed E-state index contributed by atoms with van der Waals surface area (Å²) in [4.78, 5) is 81.2. The summed E-state index contributed by atoms with van der Waals surface area (Å²) >= 11 is 0. The van der Waals surface area contributed by atoms with Gasteiger partial charge >= 0.3 is 18.0 Å². The monoisotopic (exact) mass is 648 g/mol. The van der Waals surface area contributed by atoms with Crippen LogP contribution in [0.15, 0.2) is 59.5 Å². The Bertz CT molecular complexity index is 1690. The van der Waals surface area contributed by atoms with Crippen LogP contribution >= 0.6 is 0 Å². The minimum atomic E-state index is -1.70. The molecule has 4 rings (SSSR count). The van der Waals surface area contributed by atoms with Crippen LogP contribution in [0.4, 0.5) is 16.4 Å². The Balaban J connectivity index is 1.46. The highest BCUT2D eigenvalue weighted by Gasteiger charge is 2.32. The first-order valence-corrected chi connectivity index (χ1v) is 14.7. The van der Waals surface area contributed by atoms with E-state index in [-0.39, 0.29) is 30.6 Å². The number of nitrogens with zero attached hydrogens (tertiary/aromatic N) is 1. The average molecular weight is 649 g/mol. The first kappa shape index (κ1) is 34.1. The van der Waals surface area contributed by atoms with Gasteiger partial charge in [0.05, 0.1) is 12.6 Å². The summed E-state index contributed by atoms with van der Waals surface area (Å²) in [5.74, 6) is -4.52. The molecular formula is C32H36N6O9. The number of fused-ring (bicyclic) bond motifs is 3. The molecule has 7 N–H and O–H groups in total. The number of amides is 3. The van der Waals surface area contributed by atoms with Crippen LogP contribution in [-0.2, 0) is 28.7 Å². The Hall–Kier alpha value is -5.73. The zero-order chi connectivity index (χ0) is 34.3. The Labute approximate surface area is 269 Å². The summed E-state index contributed by atoms with van der Waals surface area (Å²) in [7, 11) is 0. The molecule has 1 aliphatic rings. The van der Waals surface area contributed by atoms with Crippen LogP contribution in [0, 0.1) is 0 Å². The number of nitrogens with one attached hydrogen (secondary N) is 4. The van der Waals surface area contributed by atoms with Crippen LogP contribution in [0.3, 0.4) is 0 Å². The summed E-state index contributed by atoms with van der Waals surface area (Å²) in [5, 5.41) is 16.7. The normalized spacial score (nSPS) is 13.3. The van der Waals surface area contributed by atoms with Gasteiger partial charge in [0, 0.05) is 12.3 Å². The minimum absolute atomic E-state index is 0.0714. The zero-order valence-electron chi connectivity index (χ0n) is 26.0. The number of nitrogens with two attached hydrogens (primary N) is 1. The molecule has 0 fully saturated rings. The molecule has 15 heteroatoms. The number of hydrogen-bond acceptors (Lipinski definition) is 10. The molecular weight excluding hydrogens is 612 g/mol. The van der Waals surface area contributed by atoms with E-state index in [1.807, 2.05) is 48.5 Å². The maximum absolute atomic E-state index is 13.3. The molecule has 2 aromatic carbocycles. The van der Waals surface area contributed by atoms with E-state index in [0.717, 1.165) is 28.5 Å². The van der Waals surface area contributed by atoms with Crippen molar-refractivity contribution < 1.29 is 38.6 Å². The highest BCUT2D eigenvalue weighted by Crippen LogP contribution is 2.44. The number of aromatic amines is 1. The predicted octanol–water partition coefficient (Wildman–Crippen LogP) is 2.28. The molecule has 3 aromatic rings. The molecule has 248 valence electrons. The van der Waals surface area contributed by atoms with Gasteiger partial charge in [0.1, 0.15) is 30.0 Å². The number of benzene rings is 2. The van der Waals surface area contributed by atoms with Crippen molar-refractivity contribution in [3.05, 3.63) is 76.2 Å². The molecule has 0 saturated heterocycles. The number of aromatic nitrogens is 2. The van der Waals surface area contributed by atoms with Crippen molar-refractivity contribution >= 4 is 41.5 Å². The van der Waals surface area contributed by atoms with Gasteiger partial charge in [0.2, 0.25) is 11.8 Å². The van der Waals surface area contributed by atoms with Crippen molar-refractivity contribution in [2.45, 2.75) is 63.6 Å². The molecule has 0 unspecified atom stereocenters. The lowest BCUT2D eigenvalue weighted by molar-refractivity contribution is -0.158. The Morgan fingerprint density at radius 1 is 0.979 bits per heavy atom. The molecule has 1 aromatic heterocycles. The van der Waals surface area contributed by atoms with Crippen LogP contribution in [0.25, 0.3) is 11.1 Å². The number of rotatable bonds is 12. The number of carboxylic acid groups (broad SMARTS) is 1. The third kappa shape index (κ3) is 9.15. The maximum atomic E-state index is 13.3. The summed E-state index contributed by atoms with van der Waals surface area (Å²) in [6.07, 6.45) is -1.36. The van der Waals surface area contributed by atoms with E-state index < -0.39 is 65.9 Å². The second-order valence-electron chi connectivity index (χ2n) is 11.8. The van der Waals surface area contributed by atoms with Crippen molar-refractivity contribution in [2.24, 2.45) is 0 Å². The smallest absolute Gasteiger partial charge is 0.407 e. The van der Waals surface area contributed by atoms with E-state index in [9.17, 15) is 33.9 Å². The van der Waals surface area contributed by atoms with Crippen LogP contribution in [-0.4, -0.2) is 69.2 Å². The lowest BCUT2D eigenvalue weighted by Gasteiger charge is -2.23. The molecule has 0 radical (unpaired) electrons. The average Bonchev–Trinajstić information content (AvgIpc) is 3.31. The Morgan fingerprint density at radius 3 is 2.17 bits per heavy atom. The molecule has 1 aliphatic carbocycles. The van der Waals surface area contributed by atoms with Gasteiger partial charge in [-0.2, -0.15) is 0 Å². The third-order valence-electron chi connectivity index (χ3n) is 7.11. The number of aliphatic carboxylic acids is 1. The topological polar surface area (TPSA) is 232 Å². The van der Waals surface area contributed by atoms with Gasteiger partial charge in [-0.25, -0.2) is 14.6 Å². The lowest BCUT2D eigenvalue weighted by atomic mass is 9.98. The van der Waals surface area contributed by atoms with Gasteiger partial charge in [0.15, 0.2) is 5.95 Å². The van der Waals surface area contributed by atoms with E-state index in [2.05, 4.69) is 25.9 Å². The van der Waals surface area contributed by atoms with Crippen molar-refractivity contribution in [2.75, 3.05) is 17.7 Å². The molecule has 0 bridgehead atoms. The number of hydrogen-bond donors (Lipinski definition) is 6. The molecule has 15 nitrogen and oxygen atoms in total. The second kappa shape index (κ2) is 14.6. The number of carbonyl (C=O) groups is 5. The van der Waals surface area contributed by atoms with Crippen LogP contribution in [0.1, 0.15) is 57.1 Å². The molecule has 0 spiro atoms. The van der Waals surface area contributed by atoms with E-state index >= 15 is 0 Å². The van der Waals surface area contributed by atoms with Crippen LogP contribution in [0.2, 0.25) is 0 Å². The van der Waals surface area contributed by atoms with Crippen LogP contribution < -0.4 is 27.2 Å². The highest BCUT2D eigenvalue weighted by molar-refractivity contribution is 5.93. The van der Waals surface area contributed by atoms with Gasteiger partial charge in [-0.15, -0.1) is 0 Å². The van der Waals surface area contributed by atoms with Gasteiger partial charge in [-0.1, -0.05) is 48.5 Å². The Morgan fingerprint density at radius 2 is 1.60 bits per heavy atom. The largest absolute Gasteiger partial charge is 0.480 e. The number of carboxylic acids is 1. The summed E-state index contributed by atoms with van der Waals surface area (Å²) < 4.78 is 10.7. The van der Waals surface area contributed by atoms with Gasteiger partial charge in [0.25, 0.3) is 5.56 Å². The maximum Gasteiger partial charge on any atom is 0.407 e. The fourth-order valence-corrected chi connectivity index (χ4v) is 5.06. The quantitative estimate of drug-likeness (QED) is 0.156. The van der Waals surface area contributed by atoms with Crippen molar-refractivity contribution in [1.29, 1.82) is 0 Å². The zero-order valence-corrected chi connectivity index (χ0v) is 26.0. The fraction of sp³-hybridized carbons (Fsp3) is 0.344.